The summed E-state index contributed by atoms with van der Waals surface area (Å²) in [5, 5.41) is 0. The number of nitrogens with zero attached hydrogens (tertiary/aromatic N) is 2. The average Bonchev–Trinajstić information content (AvgIpc) is 2.76. The number of aromatic nitrogens is 2. The monoisotopic (exact) mass is 257 g/mol. The molecule has 2 aromatic rings. The van der Waals surface area contributed by atoms with E-state index in [-0.39, 0.29) is 0 Å². The molecule has 102 valence electrons. The van der Waals surface area contributed by atoms with E-state index < -0.39 is 0 Å². The summed E-state index contributed by atoms with van der Waals surface area (Å²) in [4.78, 5) is 4.80. The number of fused-ring (bicyclic) bond motifs is 1. The van der Waals surface area contributed by atoms with E-state index in [1.165, 1.54) is 49.0 Å². The van der Waals surface area contributed by atoms with Crippen LogP contribution in [0.4, 0.5) is 0 Å². The van der Waals surface area contributed by atoms with Crippen molar-refractivity contribution in [2.24, 2.45) is 18.7 Å². The molecule has 0 bridgehead atoms. The van der Waals surface area contributed by atoms with E-state index in [1.54, 1.807) is 0 Å². The number of hydrogen-bond donors (Lipinski definition) is 1. The molecule has 0 atom stereocenters. The van der Waals surface area contributed by atoms with Gasteiger partial charge in [0.15, 0.2) is 0 Å². The highest BCUT2D eigenvalue weighted by Crippen LogP contribution is 2.27. The van der Waals surface area contributed by atoms with Crippen LogP contribution in [0.1, 0.15) is 43.5 Å². The summed E-state index contributed by atoms with van der Waals surface area (Å²) in [5.74, 6) is 2.06. The second kappa shape index (κ2) is 5.33. The number of imidazole rings is 1. The molecule has 1 aromatic carbocycles. The van der Waals surface area contributed by atoms with Gasteiger partial charge in [-0.05, 0) is 23.6 Å². The fourth-order valence-corrected chi connectivity index (χ4v) is 3.24. The molecule has 0 amide bonds. The third-order valence-corrected chi connectivity index (χ3v) is 4.47. The second-order valence-electron chi connectivity index (χ2n) is 5.82. The summed E-state index contributed by atoms with van der Waals surface area (Å²) in [5.41, 5.74) is 9.22. The van der Waals surface area contributed by atoms with Crippen molar-refractivity contribution in [2.75, 3.05) is 0 Å². The zero-order chi connectivity index (χ0) is 13.2. The summed E-state index contributed by atoms with van der Waals surface area (Å²) in [6.45, 7) is 0.596. The Kier molecular flexibility index (Phi) is 3.56. The number of aryl methyl sites for hydroxylation is 1. The van der Waals surface area contributed by atoms with Crippen LogP contribution in [-0.2, 0) is 20.0 Å². The van der Waals surface area contributed by atoms with Crippen molar-refractivity contribution in [1.29, 1.82) is 0 Å². The van der Waals surface area contributed by atoms with Crippen LogP contribution in [0.15, 0.2) is 18.2 Å². The highest BCUT2D eigenvalue weighted by atomic mass is 15.1. The molecular weight excluding hydrogens is 234 g/mol. The first-order chi connectivity index (χ1) is 9.28. The van der Waals surface area contributed by atoms with Gasteiger partial charge in [-0.3, -0.25) is 0 Å². The maximum Gasteiger partial charge on any atom is 0.109 e. The van der Waals surface area contributed by atoms with Crippen molar-refractivity contribution in [3.05, 3.63) is 29.6 Å². The van der Waals surface area contributed by atoms with E-state index in [9.17, 15) is 0 Å². The van der Waals surface area contributed by atoms with Crippen LogP contribution in [-0.4, -0.2) is 9.55 Å². The summed E-state index contributed by atoms with van der Waals surface area (Å²) in [6, 6.07) is 6.36. The van der Waals surface area contributed by atoms with E-state index in [1.807, 2.05) is 0 Å². The van der Waals surface area contributed by atoms with Gasteiger partial charge in [0.05, 0.1) is 11.0 Å². The lowest BCUT2D eigenvalue weighted by molar-refractivity contribution is 0.349. The van der Waals surface area contributed by atoms with Crippen molar-refractivity contribution in [3.8, 4) is 0 Å². The zero-order valence-electron chi connectivity index (χ0n) is 11.7. The zero-order valence-corrected chi connectivity index (χ0v) is 11.7. The van der Waals surface area contributed by atoms with E-state index in [0.29, 0.717) is 6.54 Å². The van der Waals surface area contributed by atoms with Crippen molar-refractivity contribution >= 4 is 11.0 Å². The van der Waals surface area contributed by atoms with Crippen LogP contribution >= 0.6 is 0 Å². The third-order valence-electron chi connectivity index (χ3n) is 4.47. The first kappa shape index (κ1) is 12.7. The Morgan fingerprint density at radius 2 is 2.05 bits per heavy atom. The van der Waals surface area contributed by atoms with Crippen molar-refractivity contribution in [2.45, 2.75) is 45.1 Å². The van der Waals surface area contributed by atoms with Crippen LogP contribution in [0.25, 0.3) is 11.0 Å². The first-order valence-electron chi connectivity index (χ1n) is 7.42. The molecule has 0 radical (unpaired) electrons. The van der Waals surface area contributed by atoms with Gasteiger partial charge in [-0.1, -0.05) is 38.2 Å². The summed E-state index contributed by atoms with van der Waals surface area (Å²) >= 11 is 0. The number of nitrogens with two attached hydrogens (primary N) is 1. The molecular formula is C16H23N3. The lowest BCUT2D eigenvalue weighted by Crippen LogP contribution is -2.12. The molecule has 1 aliphatic carbocycles. The largest absolute Gasteiger partial charge is 0.331 e. The molecule has 3 rings (SSSR count). The van der Waals surface area contributed by atoms with Crippen LogP contribution < -0.4 is 5.73 Å². The minimum absolute atomic E-state index is 0.596. The van der Waals surface area contributed by atoms with Gasteiger partial charge in [0.2, 0.25) is 0 Å². The topological polar surface area (TPSA) is 43.8 Å². The van der Waals surface area contributed by atoms with Gasteiger partial charge >= 0.3 is 0 Å². The summed E-state index contributed by atoms with van der Waals surface area (Å²) in [6.07, 6.45) is 8.08. The van der Waals surface area contributed by atoms with Crippen LogP contribution in [0, 0.1) is 5.92 Å². The van der Waals surface area contributed by atoms with Crippen molar-refractivity contribution in [1.82, 2.24) is 9.55 Å². The Bertz CT molecular complexity index is 565. The highest BCUT2D eigenvalue weighted by molar-refractivity contribution is 5.76. The number of hydrogen-bond acceptors (Lipinski definition) is 2. The molecule has 1 fully saturated rings. The molecule has 1 aliphatic rings. The van der Waals surface area contributed by atoms with E-state index >= 15 is 0 Å². The Morgan fingerprint density at radius 3 is 2.79 bits per heavy atom. The molecule has 3 nitrogen and oxygen atoms in total. The van der Waals surface area contributed by atoms with Gasteiger partial charge in [-0.2, -0.15) is 0 Å². The Hall–Kier alpha value is -1.35. The molecule has 2 N–H and O–H groups in total. The van der Waals surface area contributed by atoms with Gasteiger partial charge < -0.3 is 10.3 Å². The summed E-state index contributed by atoms with van der Waals surface area (Å²) < 4.78 is 2.25. The van der Waals surface area contributed by atoms with Crippen molar-refractivity contribution < 1.29 is 0 Å². The molecule has 0 unspecified atom stereocenters. The van der Waals surface area contributed by atoms with Crippen LogP contribution in [0.5, 0.6) is 0 Å². The minimum Gasteiger partial charge on any atom is -0.331 e. The first-order valence-corrected chi connectivity index (χ1v) is 7.42. The maximum atomic E-state index is 5.72. The fraction of sp³-hybridized carbons (Fsp3) is 0.562. The molecule has 0 spiro atoms. The number of rotatable bonds is 3. The molecule has 1 aromatic heterocycles. The maximum absolute atomic E-state index is 5.72. The lowest BCUT2D eigenvalue weighted by atomic mass is 9.87. The van der Waals surface area contributed by atoms with Gasteiger partial charge in [0.1, 0.15) is 5.82 Å². The average molecular weight is 257 g/mol. The molecule has 1 saturated carbocycles. The van der Waals surface area contributed by atoms with E-state index in [0.717, 1.165) is 17.9 Å². The Balaban J connectivity index is 1.88. The van der Waals surface area contributed by atoms with E-state index in [4.69, 9.17) is 10.7 Å². The predicted molar refractivity (Wildman–Crippen MR) is 78.9 cm³/mol. The number of benzene rings is 1. The minimum atomic E-state index is 0.596. The molecule has 0 aliphatic heterocycles. The van der Waals surface area contributed by atoms with Gasteiger partial charge in [-0.15, -0.1) is 0 Å². The van der Waals surface area contributed by atoms with Crippen molar-refractivity contribution in [3.63, 3.8) is 0 Å². The van der Waals surface area contributed by atoms with E-state index in [2.05, 4.69) is 29.8 Å². The Morgan fingerprint density at radius 1 is 1.26 bits per heavy atom. The predicted octanol–water partition coefficient (Wildman–Crippen LogP) is 3.15. The standard InChI is InChI=1S/C16H23N3/c1-19-15-9-13(11-17)7-8-14(15)18-16(19)10-12-5-3-2-4-6-12/h7-9,12H,2-6,10-11,17H2,1H3. The molecule has 0 saturated heterocycles. The van der Waals surface area contributed by atoms with Gasteiger partial charge in [0.25, 0.3) is 0 Å². The quantitative estimate of drug-likeness (QED) is 0.918. The highest BCUT2D eigenvalue weighted by Gasteiger charge is 2.17. The van der Waals surface area contributed by atoms with Gasteiger partial charge in [-0.25, -0.2) is 4.98 Å². The molecule has 19 heavy (non-hydrogen) atoms. The third kappa shape index (κ3) is 2.52. The lowest BCUT2D eigenvalue weighted by Gasteiger charge is -2.20. The molecule has 3 heteroatoms. The normalized spacial score (nSPS) is 17.2. The Labute approximate surface area is 114 Å². The van der Waals surface area contributed by atoms with Crippen LogP contribution in [0.2, 0.25) is 0 Å². The summed E-state index contributed by atoms with van der Waals surface area (Å²) in [7, 11) is 2.13. The van der Waals surface area contributed by atoms with Crippen LogP contribution in [0.3, 0.4) is 0 Å². The SMILES string of the molecule is Cn1c(CC2CCCCC2)nc2ccc(CN)cc21. The van der Waals surface area contributed by atoms with Gasteiger partial charge in [0, 0.05) is 20.0 Å². The smallest absolute Gasteiger partial charge is 0.109 e. The fourth-order valence-electron chi connectivity index (χ4n) is 3.24. The molecule has 1 heterocycles. The second-order valence-corrected chi connectivity index (χ2v) is 5.82.